The molecule has 0 spiro atoms. The molecule has 0 aliphatic rings. The number of carbonyl (C=O) groups is 1. The number of aryl methyl sites for hydroxylation is 2. The van der Waals surface area contributed by atoms with Gasteiger partial charge in [0.2, 0.25) is 15.9 Å². The summed E-state index contributed by atoms with van der Waals surface area (Å²) in [4.78, 5) is 15.6. The normalized spacial score (nSPS) is 11.3. The molecule has 0 atom stereocenters. The highest BCUT2D eigenvalue weighted by Gasteiger charge is 2.13. The Morgan fingerprint density at radius 1 is 1.43 bits per heavy atom. The summed E-state index contributed by atoms with van der Waals surface area (Å²) in [6.07, 6.45) is 3.09. The quantitative estimate of drug-likeness (QED) is 0.821. The fourth-order valence-corrected chi connectivity index (χ4v) is 2.58. The monoisotopic (exact) mass is 309 g/mol. The van der Waals surface area contributed by atoms with E-state index < -0.39 is 10.0 Å². The molecule has 0 fully saturated rings. The lowest BCUT2D eigenvalue weighted by molar-refractivity contribution is -0.116. The number of hydrogen-bond acceptors (Lipinski definition) is 5. The Morgan fingerprint density at radius 2 is 2.19 bits per heavy atom. The molecular weight excluding hydrogens is 294 g/mol. The molecule has 0 saturated heterocycles. The maximum Gasteiger partial charge on any atom is 0.238 e. The highest BCUT2D eigenvalue weighted by molar-refractivity contribution is 7.89. The molecule has 9 heteroatoms. The summed E-state index contributed by atoms with van der Waals surface area (Å²) in [7, 11) is -3.81. The van der Waals surface area contributed by atoms with Crippen molar-refractivity contribution in [2.24, 2.45) is 5.14 Å². The van der Waals surface area contributed by atoms with E-state index >= 15 is 0 Å². The summed E-state index contributed by atoms with van der Waals surface area (Å²) in [5.74, 6) is -0.255. The van der Waals surface area contributed by atoms with Crippen molar-refractivity contribution in [3.05, 3.63) is 36.4 Å². The Labute approximate surface area is 122 Å². The minimum atomic E-state index is -3.81. The molecule has 3 N–H and O–H groups in total. The van der Waals surface area contributed by atoms with Gasteiger partial charge < -0.3 is 5.32 Å². The molecule has 2 rings (SSSR count). The average molecular weight is 309 g/mol. The van der Waals surface area contributed by atoms with Gasteiger partial charge in [-0.3, -0.25) is 9.48 Å². The van der Waals surface area contributed by atoms with Crippen molar-refractivity contribution in [1.29, 1.82) is 0 Å². The molecule has 1 aromatic carbocycles. The first-order valence-corrected chi connectivity index (χ1v) is 7.66. The highest BCUT2D eigenvalue weighted by atomic mass is 32.2. The third-order valence-electron chi connectivity index (χ3n) is 2.81. The van der Waals surface area contributed by atoms with Crippen LogP contribution in [0.1, 0.15) is 12.0 Å². The number of sulfonamides is 1. The Bertz CT molecular complexity index is 740. The Hall–Kier alpha value is -2.26. The number of hydrogen-bond donors (Lipinski definition) is 2. The van der Waals surface area contributed by atoms with Gasteiger partial charge in [0.1, 0.15) is 12.7 Å². The fourth-order valence-electron chi connectivity index (χ4n) is 1.77. The molecule has 8 nitrogen and oxygen atoms in total. The van der Waals surface area contributed by atoms with Gasteiger partial charge in [0.05, 0.1) is 11.4 Å². The first-order valence-electron chi connectivity index (χ1n) is 6.12. The summed E-state index contributed by atoms with van der Waals surface area (Å²) >= 11 is 0. The van der Waals surface area contributed by atoms with E-state index in [0.717, 1.165) is 0 Å². The van der Waals surface area contributed by atoms with Crippen molar-refractivity contribution in [3.63, 3.8) is 0 Å². The summed E-state index contributed by atoms with van der Waals surface area (Å²) in [6.45, 7) is 2.02. The van der Waals surface area contributed by atoms with Crippen LogP contribution in [0.4, 0.5) is 5.69 Å². The SMILES string of the molecule is Cc1ccc(NC(=O)CCn2cncn2)cc1S(N)(=O)=O. The lowest BCUT2D eigenvalue weighted by atomic mass is 10.2. The van der Waals surface area contributed by atoms with Gasteiger partial charge in [-0.1, -0.05) is 6.07 Å². The van der Waals surface area contributed by atoms with E-state index in [4.69, 9.17) is 5.14 Å². The Kier molecular flexibility index (Phi) is 4.34. The number of nitrogens with two attached hydrogens (primary N) is 1. The standard InChI is InChI=1S/C12H15N5O3S/c1-9-2-3-10(6-11(9)21(13,19)20)16-12(18)4-5-17-8-14-7-15-17/h2-3,6-8H,4-5H2,1H3,(H,16,18)(H2,13,19,20). The zero-order valence-electron chi connectivity index (χ0n) is 11.4. The van der Waals surface area contributed by atoms with Crippen LogP contribution in [0.5, 0.6) is 0 Å². The predicted octanol–water partition coefficient (Wildman–Crippen LogP) is 0.263. The maximum atomic E-state index is 11.8. The largest absolute Gasteiger partial charge is 0.326 e. The lowest BCUT2D eigenvalue weighted by Gasteiger charge is -2.09. The van der Waals surface area contributed by atoms with Gasteiger partial charge in [0, 0.05) is 12.1 Å². The van der Waals surface area contributed by atoms with Crippen molar-refractivity contribution in [3.8, 4) is 0 Å². The van der Waals surface area contributed by atoms with E-state index in [9.17, 15) is 13.2 Å². The minimum absolute atomic E-state index is 0.00317. The Balaban J connectivity index is 2.04. The predicted molar refractivity (Wildman–Crippen MR) is 75.8 cm³/mol. The third kappa shape index (κ3) is 4.10. The molecule has 2 aromatic rings. The second-order valence-corrected chi connectivity index (χ2v) is 6.01. The second kappa shape index (κ2) is 6.02. The molecular formula is C12H15N5O3S. The zero-order valence-corrected chi connectivity index (χ0v) is 12.2. The van der Waals surface area contributed by atoms with Gasteiger partial charge in [0.15, 0.2) is 0 Å². The van der Waals surface area contributed by atoms with E-state index in [2.05, 4.69) is 15.4 Å². The molecule has 0 saturated carbocycles. The molecule has 1 aromatic heterocycles. The third-order valence-corrected chi connectivity index (χ3v) is 3.87. The van der Waals surface area contributed by atoms with E-state index in [1.807, 2.05) is 0 Å². The molecule has 1 amide bonds. The van der Waals surface area contributed by atoms with Gasteiger partial charge in [-0.2, -0.15) is 5.10 Å². The van der Waals surface area contributed by atoms with Crippen molar-refractivity contribution < 1.29 is 13.2 Å². The van der Waals surface area contributed by atoms with Crippen molar-refractivity contribution in [2.75, 3.05) is 5.32 Å². The van der Waals surface area contributed by atoms with Crippen LogP contribution in [0.25, 0.3) is 0 Å². The van der Waals surface area contributed by atoms with Crippen LogP contribution in [-0.4, -0.2) is 29.1 Å². The Morgan fingerprint density at radius 3 is 2.81 bits per heavy atom. The molecule has 0 radical (unpaired) electrons. The van der Waals surface area contributed by atoms with Crippen molar-refractivity contribution in [1.82, 2.24) is 14.8 Å². The van der Waals surface area contributed by atoms with Gasteiger partial charge in [-0.25, -0.2) is 18.5 Å². The fraction of sp³-hybridized carbons (Fsp3) is 0.250. The van der Waals surface area contributed by atoms with Crippen LogP contribution in [0.2, 0.25) is 0 Å². The van der Waals surface area contributed by atoms with Crippen LogP contribution in [0.15, 0.2) is 35.7 Å². The number of amides is 1. The number of carbonyl (C=O) groups excluding carboxylic acids is 1. The van der Waals surface area contributed by atoms with Gasteiger partial charge in [-0.05, 0) is 24.6 Å². The van der Waals surface area contributed by atoms with E-state index in [1.54, 1.807) is 19.1 Å². The number of rotatable bonds is 5. The first kappa shape index (κ1) is 15.1. The maximum absolute atomic E-state index is 11.8. The number of primary sulfonamides is 1. The smallest absolute Gasteiger partial charge is 0.238 e. The topological polar surface area (TPSA) is 120 Å². The average Bonchev–Trinajstić information content (AvgIpc) is 2.90. The molecule has 0 aliphatic heterocycles. The summed E-state index contributed by atoms with van der Waals surface area (Å²) in [5, 5.41) is 11.6. The first-order chi connectivity index (χ1) is 9.86. The molecule has 1 heterocycles. The number of aromatic nitrogens is 3. The number of nitrogens with zero attached hydrogens (tertiary/aromatic N) is 3. The van der Waals surface area contributed by atoms with Gasteiger partial charge in [0.25, 0.3) is 0 Å². The number of nitrogens with one attached hydrogen (secondary N) is 1. The van der Waals surface area contributed by atoms with Crippen LogP contribution in [0.3, 0.4) is 0 Å². The molecule has 21 heavy (non-hydrogen) atoms. The van der Waals surface area contributed by atoms with Gasteiger partial charge in [-0.15, -0.1) is 0 Å². The van der Waals surface area contributed by atoms with Gasteiger partial charge >= 0.3 is 0 Å². The van der Waals surface area contributed by atoms with Crippen LogP contribution >= 0.6 is 0 Å². The summed E-state index contributed by atoms with van der Waals surface area (Å²) in [6, 6.07) is 4.56. The molecule has 112 valence electrons. The van der Waals surface area contributed by atoms with Crippen molar-refractivity contribution >= 4 is 21.6 Å². The van der Waals surface area contributed by atoms with E-state index in [0.29, 0.717) is 17.8 Å². The molecule has 0 bridgehead atoms. The second-order valence-electron chi connectivity index (χ2n) is 4.48. The van der Waals surface area contributed by atoms with Crippen molar-refractivity contribution in [2.45, 2.75) is 24.8 Å². The van der Waals surface area contributed by atoms with E-state index in [1.165, 1.54) is 23.4 Å². The molecule has 0 aliphatic carbocycles. The lowest BCUT2D eigenvalue weighted by Crippen LogP contribution is -2.17. The summed E-state index contributed by atoms with van der Waals surface area (Å²) < 4.78 is 24.4. The number of benzene rings is 1. The number of anilines is 1. The molecule has 0 unspecified atom stereocenters. The van der Waals surface area contributed by atoms with Crippen LogP contribution < -0.4 is 10.5 Å². The summed E-state index contributed by atoms with van der Waals surface area (Å²) in [5.41, 5.74) is 0.909. The zero-order chi connectivity index (χ0) is 15.5. The van der Waals surface area contributed by atoms with Crippen LogP contribution in [-0.2, 0) is 21.4 Å². The highest BCUT2D eigenvalue weighted by Crippen LogP contribution is 2.19. The minimum Gasteiger partial charge on any atom is -0.326 e. The van der Waals surface area contributed by atoms with Crippen LogP contribution in [0, 0.1) is 6.92 Å². The van der Waals surface area contributed by atoms with E-state index in [-0.39, 0.29) is 17.2 Å².